The van der Waals surface area contributed by atoms with Crippen LogP contribution in [-0.4, -0.2) is 21.1 Å². The molecule has 0 atom stereocenters. The molecule has 2 aromatic heterocycles. The van der Waals surface area contributed by atoms with Crippen molar-refractivity contribution in [2.75, 3.05) is 0 Å². The van der Waals surface area contributed by atoms with Gasteiger partial charge in [-0.05, 0) is 18.2 Å². The second kappa shape index (κ2) is 6.94. The molecule has 0 aliphatic carbocycles. The number of hydrogen-bond donors (Lipinski definition) is 1. The number of H-pyrrole nitrogens is 1. The highest BCUT2D eigenvalue weighted by Gasteiger charge is 2.14. The molecule has 0 bridgehead atoms. The van der Waals surface area contributed by atoms with Crippen molar-refractivity contribution in [3.05, 3.63) is 75.6 Å². The minimum atomic E-state index is -1.75. The molecule has 23 heavy (non-hydrogen) atoms. The Bertz CT molecular complexity index is 848. The van der Waals surface area contributed by atoms with Crippen LogP contribution in [0.5, 0.6) is 0 Å². The maximum atomic E-state index is 11.4. The third kappa shape index (κ3) is 3.97. The van der Waals surface area contributed by atoms with E-state index in [2.05, 4.69) is 9.97 Å². The molecule has 0 unspecified atom stereocenters. The first kappa shape index (κ1) is 15.8. The summed E-state index contributed by atoms with van der Waals surface area (Å²) in [4.78, 5) is 27.2. The number of nitrogens with one attached hydrogen (secondary N) is 1. The highest BCUT2D eigenvalue weighted by Crippen LogP contribution is 2.22. The fourth-order valence-corrected chi connectivity index (χ4v) is 2.04. The number of aromatic carboxylic acids is 1. The summed E-state index contributed by atoms with van der Waals surface area (Å²) < 4.78 is 0. The molecule has 116 valence electrons. The quantitative estimate of drug-likeness (QED) is 0.570. The number of aromatic amines is 1. The van der Waals surface area contributed by atoms with Crippen molar-refractivity contribution in [3.8, 4) is 11.4 Å². The molecule has 0 saturated carbocycles. The van der Waals surface area contributed by atoms with Crippen molar-refractivity contribution in [2.45, 2.75) is 0 Å². The lowest BCUT2D eigenvalue weighted by Crippen LogP contribution is -2.07. The van der Waals surface area contributed by atoms with E-state index >= 15 is 0 Å². The van der Waals surface area contributed by atoms with Crippen LogP contribution in [0.15, 0.2) is 54.7 Å². The standard InChI is InChI=1S/C15H10N2O2.NO3/c18-15(19)11-9-14(13-7-3-4-8-16-13)17-12-6-2-1-5-10(11)12;2-1(3)4/h1-9H,(H,18,19);/q;-1/p+1. The van der Waals surface area contributed by atoms with Gasteiger partial charge in [0.05, 0.1) is 16.2 Å². The Morgan fingerprint density at radius 3 is 2.39 bits per heavy atom. The number of benzene rings is 1. The van der Waals surface area contributed by atoms with Gasteiger partial charge in [0, 0.05) is 17.5 Å². The van der Waals surface area contributed by atoms with Crippen LogP contribution < -0.4 is 4.98 Å². The average molecular weight is 313 g/mol. The van der Waals surface area contributed by atoms with Gasteiger partial charge in [0.25, 0.3) is 0 Å². The highest BCUT2D eigenvalue weighted by atomic mass is 16.9. The lowest BCUT2D eigenvalue weighted by Gasteiger charge is -2.04. The number of carbonyl (C=O) groups is 1. The van der Waals surface area contributed by atoms with E-state index in [1.54, 1.807) is 18.3 Å². The summed E-state index contributed by atoms with van der Waals surface area (Å²) >= 11 is 0. The largest absolute Gasteiger partial charge is 0.478 e. The molecule has 1 aromatic carbocycles. The molecular formula is C15H11N3O5. The molecule has 3 rings (SSSR count). The predicted molar refractivity (Wildman–Crippen MR) is 81.1 cm³/mol. The van der Waals surface area contributed by atoms with Crippen molar-refractivity contribution in [3.63, 3.8) is 0 Å². The third-order valence-electron chi connectivity index (χ3n) is 2.93. The van der Waals surface area contributed by atoms with Crippen LogP contribution in [0.25, 0.3) is 22.3 Å². The molecule has 0 amide bonds. The van der Waals surface area contributed by atoms with Gasteiger partial charge in [-0.15, -0.1) is 0 Å². The fourth-order valence-electron chi connectivity index (χ4n) is 2.04. The molecule has 2 heterocycles. The smallest absolute Gasteiger partial charge is 0.336 e. The topological polar surface area (TPSA) is 131 Å². The van der Waals surface area contributed by atoms with E-state index in [0.717, 1.165) is 5.69 Å². The average Bonchev–Trinajstić information content (AvgIpc) is 2.54. The van der Waals surface area contributed by atoms with Gasteiger partial charge in [0.15, 0.2) is 6.20 Å². The number of carboxylic acid groups (broad SMARTS) is 1. The first-order valence-corrected chi connectivity index (χ1v) is 6.40. The second-order valence-electron chi connectivity index (χ2n) is 4.38. The minimum absolute atomic E-state index is 0.262. The van der Waals surface area contributed by atoms with Gasteiger partial charge < -0.3 is 20.4 Å². The first-order chi connectivity index (χ1) is 11.0. The lowest BCUT2D eigenvalue weighted by atomic mass is 10.1. The van der Waals surface area contributed by atoms with Crippen LogP contribution in [-0.2, 0) is 0 Å². The summed E-state index contributed by atoms with van der Waals surface area (Å²) in [6.45, 7) is 0. The Labute approximate surface area is 129 Å². The molecule has 8 heteroatoms. The van der Waals surface area contributed by atoms with Gasteiger partial charge in [0.2, 0.25) is 5.69 Å². The molecular weight excluding hydrogens is 302 g/mol. The van der Waals surface area contributed by atoms with E-state index in [9.17, 15) is 9.90 Å². The van der Waals surface area contributed by atoms with E-state index in [0.29, 0.717) is 16.6 Å². The molecule has 3 aromatic rings. The summed E-state index contributed by atoms with van der Waals surface area (Å²) in [5.41, 5.74) is 2.35. The molecule has 0 aliphatic heterocycles. The van der Waals surface area contributed by atoms with Crippen LogP contribution in [0, 0.1) is 15.3 Å². The van der Waals surface area contributed by atoms with Crippen LogP contribution in [0.2, 0.25) is 0 Å². The number of hydrogen-bond acceptors (Lipinski definition) is 5. The molecule has 8 nitrogen and oxygen atoms in total. The number of para-hydroxylation sites is 1. The summed E-state index contributed by atoms with van der Waals surface area (Å²) in [6, 6.07) is 14.4. The number of nitrogens with zero attached hydrogens (tertiary/aromatic N) is 2. The van der Waals surface area contributed by atoms with Crippen molar-refractivity contribution in [1.82, 2.24) is 4.98 Å². The Balaban J connectivity index is 0.000000433. The van der Waals surface area contributed by atoms with E-state index in [-0.39, 0.29) is 5.56 Å². The van der Waals surface area contributed by atoms with E-state index in [4.69, 9.17) is 15.3 Å². The second-order valence-corrected chi connectivity index (χ2v) is 4.38. The normalized spacial score (nSPS) is 9.74. The fraction of sp³-hybridized carbons (Fsp3) is 0. The van der Waals surface area contributed by atoms with Crippen LogP contribution in [0.4, 0.5) is 0 Å². The van der Waals surface area contributed by atoms with Crippen molar-refractivity contribution >= 4 is 16.9 Å². The van der Waals surface area contributed by atoms with E-state index in [1.165, 1.54) is 0 Å². The summed E-state index contributed by atoms with van der Waals surface area (Å²) in [7, 11) is 0. The third-order valence-corrected chi connectivity index (χ3v) is 2.93. The van der Waals surface area contributed by atoms with Gasteiger partial charge >= 0.3 is 5.97 Å². The Morgan fingerprint density at radius 1 is 1.13 bits per heavy atom. The zero-order valence-electron chi connectivity index (χ0n) is 11.7. The lowest BCUT2D eigenvalue weighted by molar-refractivity contribution is -0.402. The Hall–Kier alpha value is -3.55. The predicted octanol–water partition coefficient (Wildman–Crippen LogP) is 2.17. The number of carboxylic acids is 1. The SMILES string of the molecule is O=C(O)c1cc(-c2cccc[nH+]2)nc2ccccc12.O=[N+]([O-])[O-]. The van der Waals surface area contributed by atoms with Gasteiger partial charge in [-0.1, -0.05) is 18.2 Å². The summed E-state index contributed by atoms with van der Waals surface area (Å²) in [5, 5.41) is 24.7. The zero-order chi connectivity index (χ0) is 16.8. The first-order valence-electron chi connectivity index (χ1n) is 6.40. The van der Waals surface area contributed by atoms with Crippen molar-refractivity contribution in [1.29, 1.82) is 0 Å². The van der Waals surface area contributed by atoms with Gasteiger partial charge in [0.1, 0.15) is 5.69 Å². The van der Waals surface area contributed by atoms with Gasteiger partial charge in [-0.3, -0.25) is 0 Å². The number of fused-ring (bicyclic) bond motifs is 1. The molecule has 2 N–H and O–H groups in total. The monoisotopic (exact) mass is 313 g/mol. The van der Waals surface area contributed by atoms with Crippen molar-refractivity contribution in [2.24, 2.45) is 0 Å². The zero-order valence-corrected chi connectivity index (χ0v) is 11.7. The van der Waals surface area contributed by atoms with Gasteiger partial charge in [-0.25, -0.2) is 14.8 Å². The minimum Gasteiger partial charge on any atom is -0.478 e. The Morgan fingerprint density at radius 2 is 1.78 bits per heavy atom. The Kier molecular flexibility index (Phi) is 4.78. The van der Waals surface area contributed by atoms with Crippen LogP contribution in [0.3, 0.4) is 0 Å². The number of aromatic nitrogens is 2. The number of pyridine rings is 2. The molecule has 0 radical (unpaired) electrons. The van der Waals surface area contributed by atoms with Crippen LogP contribution >= 0.6 is 0 Å². The maximum Gasteiger partial charge on any atom is 0.336 e. The molecule has 0 aliphatic rings. The summed E-state index contributed by atoms with van der Waals surface area (Å²) in [5.74, 6) is -0.948. The maximum absolute atomic E-state index is 11.4. The highest BCUT2D eigenvalue weighted by molar-refractivity contribution is 6.03. The van der Waals surface area contributed by atoms with E-state index < -0.39 is 11.1 Å². The number of rotatable bonds is 2. The van der Waals surface area contributed by atoms with E-state index in [1.807, 2.05) is 36.4 Å². The molecule has 0 fully saturated rings. The van der Waals surface area contributed by atoms with Crippen molar-refractivity contribution < 1.29 is 20.0 Å². The molecule has 0 saturated heterocycles. The van der Waals surface area contributed by atoms with Gasteiger partial charge in [-0.2, -0.15) is 0 Å². The molecule has 0 spiro atoms. The summed E-state index contributed by atoms with van der Waals surface area (Å²) in [6.07, 6.45) is 1.78. The van der Waals surface area contributed by atoms with Crippen LogP contribution in [0.1, 0.15) is 10.4 Å².